The van der Waals surface area contributed by atoms with Gasteiger partial charge < -0.3 is 14.8 Å². The van der Waals surface area contributed by atoms with E-state index in [9.17, 15) is 0 Å². The van der Waals surface area contributed by atoms with E-state index in [0.29, 0.717) is 5.82 Å². The Morgan fingerprint density at radius 2 is 1.96 bits per heavy atom. The predicted molar refractivity (Wildman–Crippen MR) is 115 cm³/mol. The van der Waals surface area contributed by atoms with E-state index in [0.717, 1.165) is 71.9 Å². The smallest absolute Gasteiger partial charge is 0.165 e. The van der Waals surface area contributed by atoms with Crippen LogP contribution in [0.5, 0.6) is 5.75 Å². The highest BCUT2D eigenvalue weighted by atomic mass is 79.9. The number of anilines is 1. The minimum absolute atomic E-state index is 0.644. The maximum atomic E-state index is 5.53. The number of benzene rings is 2. The minimum atomic E-state index is 0.644. The zero-order valence-corrected chi connectivity index (χ0v) is 17.4. The molecule has 4 rings (SSSR count). The lowest BCUT2D eigenvalue weighted by Gasteiger charge is -2.26. The Bertz CT molecular complexity index is 960. The van der Waals surface area contributed by atoms with Crippen LogP contribution in [0.15, 0.2) is 46.9 Å². The Kier molecular flexibility index (Phi) is 6.04. The Morgan fingerprint density at radius 3 is 2.79 bits per heavy atom. The number of methoxy groups -OCH3 is 1. The molecule has 1 aromatic heterocycles. The molecule has 28 heavy (non-hydrogen) atoms. The molecule has 1 aliphatic rings. The van der Waals surface area contributed by atoms with Crippen LogP contribution >= 0.6 is 15.9 Å². The summed E-state index contributed by atoms with van der Waals surface area (Å²) in [7, 11) is 1.66. The lowest BCUT2D eigenvalue weighted by Crippen LogP contribution is -2.39. The molecule has 1 saturated heterocycles. The minimum Gasteiger partial charge on any atom is -0.496 e. The number of halogens is 1. The van der Waals surface area contributed by atoms with E-state index in [2.05, 4.69) is 26.1 Å². The maximum Gasteiger partial charge on any atom is 0.165 e. The molecular weight excluding hydrogens is 420 g/mol. The monoisotopic (exact) mass is 442 g/mol. The third kappa shape index (κ3) is 4.27. The molecule has 0 aliphatic carbocycles. The van der Waals surface area contributed by atoms with Crippen LogP contribution in [0, 0.1) is 0 Å². The molecule has 1 N–H and O–H groups in total. The Balaban J connectivity index is 1.65. The average molecular weight is 443 g/mol. The van der Waals surface area contributed by atoms with Crippen LogP contribution in [0.1, 0.15) is 0 Å². The number of hydrogen-bond acceptors (Lipinski definition) is 6. The molecule has 0 atom stereocenters. The SMILES string of the molecule is COc1ccc(Br)cc1-c1nc(NCCN2CCOCC2)c2ccccc2n1. The van der Waals surface area contributed by atoms with Crippen LogP contribution in [0.25, 0.3) is 22.3 Å². The van der Waals surface area contributed by atoms with Gasteiger partial charge >= 0.3 is 0 Å². The van der Waals surface area contributed by atoms with E-state index in [4.69, 9.17) is 19.4 Å². The highest BCUT2D eigenvalue weighted by Crippen LogP contribution is 2.33. The number of nitrogens with one attached hydrogen (secondary N) is 1. The molecule has 1 fully saturated rings. The summed E-state index contributed by atoms with van der Waals surface area (Å²) in [5.41, 5.74) is 1.77. The van der Waals surface area contributed by atoms with E-state index >= 15 is 0 Å². The van der Waals surface area contributed by atoms with Crippen LogP contribution in [0.4, 0.5) is 5.82 Å². The zero-order valence-electron chi connectivity index (χ0n) is 15.8. The fourth-order valence-corrected chi connectivity index (χ4v) is 3.71. The van der Waals surface area contributed by atoms with Crippen molar-refractivity contribution < 1.29 is 9.47 Å². The van der Waals surface area contributed by atoms with E-state index in [1.165, 1.54) is 0 Å². The van der Waals surface area contributed by atoms with Crippen LogP contribution < -0.4 is 10.1 Å². The molecule has 0 radical (unpaired) electrons. The van der Waals surface area contributed by atoms with Crippen LogP contribution in [-0.2, 0) is 4.74 Å². The third-order valence-electron chi connectivity index (χ3n) is 4.83. The van der Waals surface area contributed by atoms with Crippen molar-refractivity contribution >= 4 is 32.7 Å². The normalized spacial score (nSPS) is 14.9. The summed E-state index contributed by atoms with van der Waals surface area (Å²) in [6.07, 6.45) is 0. The van der Waals surface area contributed by atoms with Crippen molar-refractivity contribution in [1.29, 1.82) is 0 Å². The van der Waals surface area contributed by atoms with Gasteiger partial charge in [-0.2, -0.15) is 0 Å². The first-order chi connectivity index (χ1) is 13.7. The third-order valence-corrected chi connectivity index (χ3v) is 5.32. The molecule has 0 spiro atoms. The Hall–Kier alpha value is -2.22. The summed E-state index contributed by atoms with van der Waals surface area (Å²) in [6.45, 7) is 5.35. The van der Waals surface area contributed by atoms with Gasteiger partial charge in [0.1, 0.15) is 11.6 Å². The standard InChI is InChI=1S/C21H23BrN4O2/c1-27-19-7-6-15(22)14-17(19)21-24-18-5-3-2-4-16(18)20(25-21)23-8-9-26-10-12-28-13-11-26/h2-7,14H,8-13H2,1H3,(H,23,24,25). The fraction of sp³-hybridized carbons (Fsp3) is 0.333. The van der Waals surface area contributed by atoms with Crippen molar-refractivity contribution in [2.45, 2.75) is 0 Å². The molecule has 1 aliphatic heterocycles. The van der Waals surface area contributed by atoms with E-state index in [1.807, 2.05) is 42.5 Å². The molecule has 0 amide bonds. The van der Waals surface area contributed by atoms with E-state index in [-0.39, 0.29) is 0 Å². The van der Waals surface area contributed by atoms with Crippen LogP contribution in [0.2, 0.25) is 0 Å². The molecule has 3 aromatic rings. The molecule has 0 saturated carbocycles. The van der Waals surface area contributed by atoms with Gasteiger partial charge in [-0.05, 0) is 30.3 Å². The maximum absolute atomic E-state index is 5.53. The highest BCUT2D eigenvalue weighted by molar-refractivity contribution is 9.10. The van der Waals surface area contributed by atoms with E-state index < -0.39 is 0 Å². The summed E-state index contributed by atoms with van der Waals surface area (Å²) in [5.74, 6) is 2.24. The van der Waals surface area contributed by atoms with Crippen molar-refractivity contribution in [2.75, 3.05) is 51.8 Å². The van der Waals surface area contributed by atoms with Gasteiger partial charge in [-0.3, -0.25) is 4.90 Å². The quantitative estimate of drug-likeness (QED) is 0.626. The first-order valence-corrected chi connectivity index (χ1v) is 10.2. The summed E-state index contributed by atoms with van der Waals surface area (Å²) in [4.78, 5) is 12.0. The fourth-order valence-electron chi connectivity index (χ4n) is 3.34. The largest absolute Gasteiger partial charge is 0.496 e. The lowest BCUT2D eigenvalue weighted by atomic mass is 10.1. The summed E-state index contributed by atoms with van der Waals surface area (Å²) >= 11 is 3.53. The number of aromatic nitrogens is 2. The Labute approximate surface area is 173 Å². The molecule has 2 heterocycles. The lowest BCUT2D eigenvalue weighted by molar-refractivity contribution is 0.0398. The first-order valence-electron chi connectivity index (χ1n) is 9.39. The number of para-hydroxylation sites is 1. The van der Waals surface area contributed by atoms with Crippen molar-refractivity contribution in [3.63, 3.8) is 0 Å². The summed E-state index contributed by atoms with van der Waals surface area (Å²) < 4.78 is 11.9. The van der Waals surface area contributed by atoms with Crippen LogP contribution in [0.3, 0.4) is 0 Å². The van der Waals surface area contributed by atoms with Gasteiger partial charge in [0.25, 0.3) is 0 Å². The number of ether oxygens (including phenoxy) is 2. The zero-order chi connectivity index (χ0) is 19.3. The summed E-state index contributed by atoms with van der Waals surface area (Å²) in [6, 6.07) is 13.9. The second-order valence-electron chi connectivity index (χ2n) is 6.64. The Morgan fingerprint density at radius 1 is 1.14 bits per heavy atom. The van der Waals surface area contributed by atoms with Crippen LogP contribution in [-0.4, -0.2) is 61.4 Å². The van der Waals surface area contributed by atoms with Crippen molar-refractivity contribution in [2.24, 2.45) is 0 Å². The van der Waals surface area contributed by atoms with Gasteiger partial charge in [-0.15, -0.1) is 0 Å². The summed E-state index contributed by atoms with van der Waals surface area (Å²) in [5, 5.41) is 4.53. The topological polar surface area (TPSA) is 59.5 Å². The molecule has 2 aromatic carbocycles. The molecule has 0 bridgehead atoms. The molecule has 7 heteroatoms. The predicted octanol–water partition coefficient (Wildman–Crippen LogP) is 3.81. The van der Waals surface area contributed by atoms with Crippen molar-refractivity contribution in [1.82, 2.24) is 14.9 Å². The van der Waals surface area contributed by atoms with Crippen molar-refractivity contribution in [3.05, 3.63) is 46.9 Å². The molecule has 146 valence electrons. The number of rotatable bonds is 6. The number of hydrogen-bond donors (Lipinski definition) is 1. The number of morpholine rings is 1. The molecule has 0 unspecified atom stereocenters. The van der Waals surface area contributed by atoms with Gasteiger partial charge in [-0.1, -0.05) is 28.1 Å². The van der Waals surface area contributed by atoms with Gasteiger partial charge in [-0.25, -0.2) is 9.97 Å². The number of fused-ring (bicyclic) bond motifs is 1. The van der Waals surface area contributed by atoms with Gasteiger partial charge in [0.05, 0.1) is 31.4 Å². The molecule has 6 nitrogen and oxygen atoms in total. The van der Waals surface area contributed by atoms with Gasteiger partial charge in [0.15, 0.2) is 5.82 Å². The van der Waals surface area contributed by atoms with Gasteiger partial charge in [0, 0.05) is 36.0 Å². The second kappa shape index (κ2) is 8.86. The first kappa shape index (κ1) is 19.1. The van der Waals surface area contributed by atoms with Gasteiger partial charge in [0.2, 0.25) is 0 Å². The van der Waals surface area contributed by atoms with E-state index in [1.54, 1.807) is 7.11 Å². The average Bonchev–Trinajstić information content (AvgIpc) is 2.74. The highest BCUT2D eigenvalue weighted by Gasteiger charge is 2.14. The molecular formula is C21H23BrN4O2. The number of nitrogens with zero attached hydrogens (tertiary/aromatic N) is 3. The van der Waals surface area contributed by atoms with Crippen molar-refractivity contribution in [3.8, 4) is 17.1 Å². The second-order valence-corrected chi connectivity index (χ2v) is 7.55.